The Morgan fingerprint density at radius 3 is 2.79 bits per heavy atom. The molecule has 3 rings (SSSR count). The Morgan fingerprint density at radius 1 is 1.25 bits per heavy atom. The number of hydrogen-bond donors (Lipinski definition) is 2. The van der Waals surface area contributed by atoms with Gasteiger partial charge in [0, 0.05) is 44.2 Å². The van der Waals surface area contributed by atoms with Crippen molar-refractivity contribution in [1.82, 2.24) is 15.6 Å². The van der Waals surface area contributed by atoms with Gasteiger partial charge in [-0.3, -0.25) is 9.59 Å². The molecule has 1 saturated heterocycles. The van der Waals surface area contributed by atoms with Gasteiger partial charge in [-0.25, -0.2) is 4.98 Å². The lowest BCUT2D eigenvalue weighted by Gasteiger charge is -2.23. The lowest BCUT2D eigenvalue weighted by atomic mass is 10.0. The van der Waals surface area contributed by atoms with Crippen LogP contribution in [0.15, 0.2) is 42.5 Å². The summed E-state index contributed by atoms with van der Waals surface area (Å²) in [5.74, 6) is -0.253. The standard InChI is InChI=1S/C22H27N3O3/c1-23-22(27)20-14-17(13-18(25-20)12-16-6-3-2-4-7-16)21(26)9-5-8-19-15-24-10-11-28-19/h2-4,6-7,13-14,19,24H,5,8-12,15H2,1H3,(H,23,27)/t19-/m1/s1. The number of Topliss-reactive ketones (excluding diaryl/α,β-unsaturated/α-hetero) is 1. The predicted octanol–water partition coefficient (Wildman–Crippen LogP) is 2.37. The summed E-state index contributed by atoms with van der Waals surface area (Å²) in [4.78, 5) is 29.3. The van der Waals surface area contributed by atoms with E-state index in [-0.39, 0.29) is 23.5 Å². The summed E-state index contributed by atoms with van der Waals surface area (Å²) < 4.78 is 5.68. The SMILES string of the molecule is CNC(=O)c1cc(C(=O)CCC[C@@H]2CNCCO2)cc(Cc2ccccc2)n1. The van der Waals surface area contributed by atoms with Crippen molar-refractivity contribution in [3.8, 4) is 0 Å². The summed E-state index contributed by atoms with van der Waals surface area (Å²) in [6, 6.07) is 13.3. The number of benzene rings is 1. The van der Waals surface area contributed by atoms with Crippen LogP contribution < -0.4 is 10.6 Å². The zero-order chi connectivity index (χ0) is 19.8. The monoisotopic (exact) mass is 381 g/mol. The molecule has 2 heterocycles. The molecule has 0 radical (unpaired) electrons. The molecule has 1 amide bonds. The normalized spacial score (nSPS) is 16.5. The Hall–Kier alpha value is -2.57. The number of aromatic nitrogens is 1. The summed E-state index contributed by atoms with van der Waals surface area (Å²) in [7, 11) is 1.56. The van der Waals surface area contributed by atoms with E-state index in [4.69, 9.17) is 4.74 Å². The lowest BCUT2D eigenvalue weighted by Crippen LogP contribution is -2.38. The minimum Gasteiger partial charge on any atom is -0.376 e. The van der Waals surface area contributed by atoms with Crippen LogP contribution in [-0.4, -0.2) is 49.5 Å². The Bertz CT molecular complexity index is 802. The fourth-order valence-electron chi connectivity index (χ4n) is 3.33. The number of carbonyl (C=O) groups is 2. The molecule has 0 unspecified atom stereocenters. The summed E-state index contributed by atoms with van der Waals surface area (Å²) >= 11 is 0. The number of ether oxygens (including phenoxy) is 1. The third-order valence-electron chi connectivity index (χ3n) is 4.82. The Labute approximate surface area is 165 Å². The minimum atomic E-state index is -0.286. The van der Waals surface area contributed by atoms with Crippen LogP contribution in [0.5, 0.6) is 0 Å². The maximum absolute atomic E-state index is 12.7. The van der Waals surface area contributed by atoms with Crippen LogP contribution in [0, 0.1) is 0 Å². The zero-order valence-corrected chi connectivity index (χ0v) is 16.2. The first-order valence-corrected chi connectivity index (χ1v) is 9.78. The average Bonchev–Trinajstić information content (AvgIpc) is 2.74. The van der Waals surface area contributed by atoms with E-state index in [0.29, 0.717) is 18.4 Å². The van der Waals surface area contributed by atoms with Crippen LogP contribution in [-0.2, 0) is 11.2 Å². The van der Waals surface area contributed by atoms with Gasteiger partial charge in [-0.2, -0.15) is 0 Å². The molecule has 2 N–H and O–H groups in total. The third kappa shape index (κ3) is 5.71. The number of ketones is 1. The van der Waals surface area contributed by atoms with E-state index in [1.165, 1.54) is 0 Å². The fraction of sp³-hybridized carbons (Fsp3) is 0.409. The molecule has 0 saturated carbocycles. The predicted molar refractivity (Wildman–Crippen MR) is 108 cm³/mol. The van der Waals surface area contributed by atoms with Gasteiger partial charge >= 0.3 is 0 Å². The highest BCUT2D eigenvalue weighted by atomic mass is 16.5. The molecular weight excluding hydrogens is 354 g/mol. The van der Waals surface area contributed by atoms with Gasteiger partial charge < -0.3 is 15.4 Å². The summed E-state index contributed by atoms with van der Waals surface area (Å²) in [6.07, 6.45) is 2.80. The van der Waals surface area contributed by atoms with Crippen molar-refractivity contribution in [2.75, 3.05) is 26.7 Å². The lowest BCUT2D eigenvalue weighted by molar-refractivity contribution is 0.0222. The van der Waals surface area contributed by atoms with E-state index in [0.717, 1.165) is 43.8 Å². The second kappa shape index (κ2) is 10.1. The van der Waals surface area contributed by atoms with Crippen molar-refractivity contribution in [3.63, 3.8) is 0 Å². The van der Waals surface area contributed by atoms with E-state index in [9.17, 15) is 9.59 Å². The van der Waals surface area contributed by atoms with E-state index in [1.807, 2.05) is 30.3 Å². The summed E-state index contributed by atoms with van der Waals surface area (Å²) in [5, 5.41) is 5.89. The van der Waals surface area contributed by atoms with Crippen molar-refractivity contribution >= 4 is 11.7 Å². The van der Waals surface area contributed by atoms with Crippen LogP contribution in [0.3, 0.4) is 0 Å². The number of pyridine rings is 1. The molecule has 6 nitrogen and oxygen atoms in total. The Kier molecular flexibility index (Phi) is 7.28. The molecule has 1 atom stereocenters. The van der Waals surface area contributed by atoms with Gasteiger partial charge in [0.2, 0.25) is 0 Å². The highest BCUT2D eigenvalue weighted by Crippen LogP contribution is 2.15. The molecule has 1 aliphatic heterocycles. The maximum atomic E-state index is 12.7. The van der Waals surface area contributed by atoms with Crippen LogP contribution >= 0.6 is 0 Å². The smallest absolute Gasteiger partial charge is 0.269 e. The zero-order valence-electron chi connectivity index (χ0n) is 16.2. The van der Waals surface area contributed by atoms with Crippen LogP contribution in [0.1, 0.15) is 51.4 Å². The van der Waals surface area contributed by atoms with Crippen molar-refractivity contribution in [2.45, 2.75) is 31.8 Å². The van der Waals surface area contributed by atoms with Crippen molar-refractivity contribution in [1.29, 1.82) is 0 Å². The minimum absolute atomic E-state index is 0.0330. The van der Waals surface area contributed by atoms with Gasteiger partial charge in [0.05, 0.1) is 12.7 Å². The molecule has 28 heavy (non-hydrogen) atoms. The molecule has 0 bridgehead atoms. The van der Waals surface area contributed by atoms with Gasteiger partial charge in [-0.15, -0.1) is 0 Å². The van der Waals surface area contributed by atoms with Gasteiger partial charge in [0.15, 0.2) is 5.78 Å². The molecule has 1 aliphatic rings. The first kappa shape index (κ1) is 20.2. The molecule has 6 heteroatoms. The second-order valence-electron chi connectivity index (χ2n) is 6.99. The number of amides is 1. The quantitative estimate of drug-likeness (QED) is 0.686. The van der Waals surface area contributed by atoms with E-state index < -0.39 is 0 Å². The molecule has 0 aliphatic carbocycles. The molecule has 1 fully saturated rings. The van der Waals surface area contributed by atoms with Gasteiger partial charge in [-0.05, 0) is 30.5 Å². The van der Waals surface area contributed by atoms with Gasteiger partial charge in [0.1, 0.15) is 5.69 Å². The van der Waals surface area contributed by atoms with E-state index in [1.54, 1.807) is 19.2 Å². The van der Waals surface area contributed by atoms with Crippen molar-refractivity contribution < 1.29 is 14.3 Å². The number of carbonyl (C=O) groups excluding carboxylic acids is 2. The van der Waals surface area contributed by atoms with Gasteiger partial charge in [-0.1, -0.05) is 30.3 Å². The topological polar surface area (TPSA) is 80.3 Å². The van der Waals surface area contributed by atoms with Crippen molar-refractivity contribution in [2.24, 2.45) is 0 Å². The second-order valence-corrected chi connectivity index (χ2v) is 6.99. The first-order chi connectivity index (χ1) is 13.7. The molecule has 1 aromatic carbocycles. The van der Waals surface area contributed by atoms with E-state index in [2.05, 4.69) is 15.6 Å². The number of nitrogens with one attached hydrogen (secondary N) is 2. The highest BCUT2D eigenvalue weighted by molar-refractivity contribution is 5.99. The van der Waals surface area contributed by atoms with Crippen LogP contribution in [0.4, 0.5) is 0 Å². The molecule has 1 aromatic heterocycles. The highest BCUT2D eigenvalue weighted by Gasteiger charge is 2.16. The number of nitrogens with zero attached hydrogens (tertiary/aromatic N) is 1. The fourth-order valence-corrected chi connectivity index (χ4v) is 3.33. The van der Waals surface area contributed by atoms with Crippen LogP contribution in [0.25, 0.3) is 0 Å². The van der Waals surface area contributed by atoms with E-state index >= 15 is 0 Å². The largest absolute Gasteiger partial charge is 0.376 e. The Morgan fingerprint density at radius 2 is 2.07 bits per heavy atom. The number of hydrogen-bond acceptors (Lipinski definition) is 5. The molecule has 2 aromatic rings. The average molecular weight is 381 g/mol. The first-order valence-electron chi connectivity index (χ1n) is 9.78. The summed E-state index contributed by atoms with van der Waals surface area (Å²) in [6.45, 7) is 2.45. The Balaban J connectivity index is 1.69. The molecule has 0 spiro atoms. The van der Waals surface area contributed by atoms with Crippen LogP contribution in [0.2, 0.25) is 0 Å². The van der Waals surface area contributed by atoms with Crippen molar-refractivity contribution in [3.05, 3.63) is 65.0 Å². The number of rotatable bonds is 8. The third-order valence-corrected chi connectivity index (χ3v) is 4.82. The molecular formula is C22H27N3O3. The molecule has 148 valence electrons. The number of morpholine rings is 1. The maximum Gasteiger partial charge on any atom is 0.269 e. The van der Waals surface area contributed by atoms with Gasteiger partial charge in [0.25, 0.3) is 5.91 Å². The summed E-state index contributed by atoms with van der Waals surface area (Å²) in [5.41, 5.74) is 2.63.